The quantitative estimate of drug-likeness (QED) is 0.130. The fourth-order valence-corrected chi connectivity index (χ4v) is 9.45. The van der Waals surface area contributed by atoms with E-state index >= 15 is 0 Å². The van der Waals surface area contributed by atoms with Crippen molar-refractivity contribution in [3.63, 3.8) is 0 Å². The van der Waals surface area contributed by atoms with E-state index in [4.69, 9.17) is 9.97 Å². The second kappa shape index (κ2) is 8.91. The van der Waals surface area contributed by atoms with Crippen LogP contribution in [0.25, 0.3) is 75.9 Å². The molecule has 9 aromatic rings. The fourth-order valence-electron chi connectivity index (χ4n) is 9.45. The Labute approximate surface area is 263 Å². The van der Waals surface area contributed by atoms with Gasteiger partial charge in [-0.3, -0.25) is 18.4 Å². The molecule has 0 bridgehead atoms. The maximum absolute atomic E-state index is 14.3. The van der Waals surface area contributed by atoms with Gasteiger partial charge in [0.1, 0.15) is 11.3 Å². The molecule has 11 rings (SSSR count). The van der Waals surface area contributed by atoms with E-state index in [0.29, 0.717) is 0 Å². The highest BCUT2D eigenvalue weighted by Gasteiger charge is 2.26. The van der Waals surface area contributed by atoms with Crippen molar-refractivity contribution in [3.05, 3.63) is 92.0 Å². The van der Waals surface area contributed by atoms with Crippen LogP contribution in [0, 0.1) is 0 Å². The Hall–Kier alpha value is -4.84. The third-order valence-electron chi connectivity index (χ3n) is 11.5. The van der Waals surface area contributed by atoms with Gasteiger partial charge in [-0.25, -0.2) is 9.97 Å². The standard InChI is InChI=1S/C40H32N4O2/c45-39-27-19-15-23-22-14-18-26-36-28(40(46)44-32-12-8-4-2-6-10-30(32)42-38(26)44)20-16-24(34(22)36)21-13-17-25(35(27)33(21)23)37-41-29-9-5-1-3-7-11-31(29)43(37)39/h13-20H,1-12H2. The molecule has 4 heterocycles. The summed E-state index contributed by atoms with van der Waals surface area (Å²) < 4.78 is 3.86. The van der Waals surface area contributed by atoms with Crippen LogP contribution in [0.1, 0.15) is 74.1 Å². The number of pyridine rings is 2. The van der Waals surface area contributed by atoms with Crippen LogP contribution in [-0.2, 0) is 25.7 Å². The molecule has 0 fully saturated rings. The predicted octanol–water partition coefficient (Wildman–Crippen LogP) is 8.25. The Morgan fingerprint density at radius 1 is 0.391 bits per heavy atom. The van der Waals surface area contributed by atoms with Crippen LogP contribution >= 0.6 is 0 Å². The summed E-state index contributed by atoms with van der Waals surface area (Å²) in [7, 11) is 0. The molecule has 6 heteroatoms. The highest BCUT2D eigenvalue weighted by molar-refractivity contribution is 6.40. The number of imidazole rings is 2. The Morgan fingerprint density at radius 3 is 1.13 bits per heavy atom. The molecule has 0 saturated carbocycles. The van der Waals surface area contributed by atoms with Gasteiger partial charge in [-0.2, -0.15) is 0 Å². The summed E-state index contributed by atoms with van der Waals surface area (Å²) in [6, 6.07) is 17.2. The summed E-state index contributed by atoms with van der Waals surface area (Å²) in [5.74, 6) is 0. The maximum Gasteiger partial charge on any atom is 0.264 e. The van der Waals surface area contributed by atoms with Crippen LogP contribution < -0.4 is 11.1 Å². The Bertz CT molecular complexity index is 2640. The van der Waals surface area contributed by atoms with E-state index in [9.17, 15) is 9.59 Å². The van der Waals surface area contributed by atoms with Crippen LogP contribution in [0.4, 0.5) is 0 Å². The number of benzene rings is 5. The first-order chi connectivity index (χ1) is 22.7. The first-order valence-electron chi connectivity index (χ1n) is 17.2. The zero-order valence-corrected chi connectivity index (χ0v) is 25.7. The van der Waals surface area contributed by atoms with E-state index in [0.717, 1.165) is 150 Å². The number of fused-ring (bicyclic) bond motifs is 10. The number of rotatable bonds is 0. The van der Waals surface area contributed by atoms with Gasteiger partial charge >= 0.3 is 0 Å². The summed E-state index contributed by atoms with van der Waals surface area (Å²) in [5, 5.41) is 12.3. The van der Waals surface area contributed by atoms with Crippen molar-refractivity contribution in [1.82, 2.24) is 18.8 Å². The second-order valence-corrected chi connectivity index (χ2v) is 13.9. The number of hydrogen-bond acceptors (Lipinski definition) is 4. The van der Waals surface area contributed by atoms with Crippen molar-refractivity contribution in [2.75, 3.05) is 0 Å². The summed E-state index contributed by atoms with van der Waals surface area (Å²) in [5.41, 5.74) is 6.11. The van der Waals surface area contributed by atoms with Gasteiger partial charge in [0.2, 0.25) is 0 Å². The van der Waals surface area contributed by atoms with Gasteiger partial charge in [-0.05, 0) is 108 Å². The smallest absolute Gasteiger partial charge is 0.264 e. The summed E-state index contributed by atoms with van der Waals surface area (Å²) in [4.78, 5) is 38.9. The Balaban J connectivity index is 1.29. The molecule has 0 unspecified atom stereocenters. The number of hydrogen-bond donors (Lipinski definition) is 0. The molecule has 224 valence electrons. The highest BCUT2D eigenvalue weighted by atomic mass is 16.1. The molecular weight excluding hydrogens is 568 g/mol. The topological polar surface area (TPSA) is 68.7 Å². The molecule has 46 heavy (non-hydrogen) atoms. The largest absolute Gasteiger partial charge is 0.268 e. The van der Waals surface area contributed by atoms with Crippen molar-refractivity contribution in [2.24, 2.45) is 0 Å². The lowest BCUT2D eigenvalue weighted by atomic mass is 9.86. The van der Waals surface area contributed by atoms with E-state index < -0.39 is 0 Å². The van der Waals surface area contributed by atoms with Gasteiger partial charge in [-0.15, -0.1) is 0 Å². The van der Waals surface area contributed by atoms with E-state index in [1.807, 2.05) is 20.9 Å². The van der Waals surface area contributed by atoms with E-state index in [1.54, 1.807) is 0 Å². The number of nitrogens with zero attached hydrogens (tertiary/aromatic N) is 4. The average molecular weight is 601 g/mol. The first kappa shape index (κ1) is 25.4. The van der Waals surface area contributed by atoms with Crippen LogP contribution in [0.15, 0.2) is 58.1 Å². The van der Waals surface area contributed by atoms with Gasteiger partial charge in [0.15, 0.2) is 0 Å². The molecule has 6 nitrogen and oxygen atoms in total. The van der Waals surface area contributed by atoms with Crippen molar-refractivity contribution in [2.45, 2.75) is 77.0 Å². The average Bonchev–Trinajstić information content (AvgIpc) is 3.59. The maximum atomic E-state index is 14.3. The number of aryl methyl sites for hydroxylation is 4. The van der Waals surface area contributed by atoms with Crippen molar-refractivity contribution in [3.8, 4) is 0 Å². The summed E-state index contributed by atoms with van der Waals surface area (Å²) >= 11 is 0. The molecule has 0 atom stereocenters. The van der Waals surface area contributed by atoms with Crippen molar-refractivity contribution < 1.29 is 0 Å². The van der Waals surface area contributed by atoms with E-state index in [2.05, 4.69) is 36.4 Å². The third-order valence-corrected chi connectivity index (χ3v) is 11.5. The van der Waals surface area contributed by atoms with Crippen LogP contribution in [-0.4, -0.2) is 18.8 Å². The lowest BCUT2D eigenvalue weighted by Crippen LogP contribution is -2.17. The van der Waals surface area contributed by atoms with Crippen LogP contribution in [0.5, 0.6) is 0 Å². The third kappa shape index (κ3) is 3.03. The van der Waals surface area contributed by atoms with Gasteiger partial charge in [0.05, 0.1) is 11.4 Å². The van der Waals surface area contributed by atoms with Gasteiger partial charge in [-0.1, -0.05) is 49.9 Å². The predicted molar refractivity (Wildman–Crippen MR) is 187 cm³/mol. The van der Waals surface area contributed by atoms with Crippen LogP contribution in [0.3, 0.4) is 0 Å². The monoisotopic (exact) mass is 600 g/mol. The molecule has 2 aliphatic carbocycles. The molecule has 0 radical (unpaired) electrons. The first-order valence-corrected chi connectivity index (χ1v) is 17.2. The fraction of sp³-hybridized carbons (Fsp3) is 0.300. The van der Waals surface area contributed by atoms with E-state index in [1.165, 1.54) is 25.7 Å². The molecule has 0 spiro atoms. The Morgan fingerprint density at radius 2 is 0.717 bits per heavy atom. The lowest BCUT2D eigenvalue weighted by Gasteiger charge is -2.18. The lowest BCUT2D eigenvalue weighted by molar-refractivity contribution is 0.604. The highest BCUT2D eigenvalue weighted by Crippen LogP contribution is 2.45. The molecule has 2 aliphatic rings. The molecule has 0 amide bonds. The molecule has 4 aromatic heterocycles. The normalized spacial score (nSPS) is 16.7. The zero-order chi connectivity index (χ0) is 30.3. The van der Waals surface area contributed by atoms with Crippen molar-refractivity contribution >= 4 is 75.9 Å². The molecule has 0 N–H and O–H groups in total. The van der Waals surface area contributed by atoms with Gasteiger partial charge in [0.25, 0.3) is 11.1 Å². The van der Waals surface area contributed by atoms with Crippen molar-refractivity contribution in [1.29, 1.82) is 0 Å². The SMILES string of the molecule is O=c1c2ccc3c4ccc5c6c(ccc(c7ccc(c2c37)c2nc3c(n12)CCCCCC3)c46)c(=O)n1c2c(nc51)CCCCCC2. The minimum Gasteiger partial charge on any atom is -0.268 e. The molecule has 0 aliphatic heterocycles. The summed E-state index contributed by atoms with van der Waals surface area (Å²) in [6.07, 6.45) is 13.0. The zero-order valence-electron chi connectivity index (χ0n) is 25.7. The minimum atomic E-state index is 0.0459. The van der Waals surface area contributed by atoms with E-state index in [-0.39, 0.29) is 11.1 Å². The van der Waals surface area contributed by atoms with Gasteiger partial charge in [0, 0.05) is 43.7 Å². The molecular formula is C40H32N4O2. The number of aromatic nitrogens is 4. The summed E-state index contributed by atoms with van der Waals surface area (Å²) in [6.45, 7) is 0. The Kier molecular flexibility index (Phi) is 4.91. The van der Waals surface area contributed by atoms with Crippen LogP contribution in [0.2, 0.25) is 0 Å². The molecule has 5 aromatic carbocycles. The molecule has 0 saturated heterocycles. The second-order valence-electron chi connectivity index (χ2n) is 13.9. The minimum absolute atomic E-state index is 0.0459. The van der Waals surface area contributed by atoms with Gasteiger partial charge < -0.3 is 0 Å².